The zero-order chi connectivity index (χ0) is 19.7. The quantitative estimate of drug-likeness (QED) is 0.474. The van der Waals surface area contributed by atoms with Crippen LogP contribution < -0.4 is 14.8 Å². The van der Waals surface area contributed by atoms with Crippen LogP contribution in [-0.4, -0.2) is 30.1 Å². The molecule has 0 atom stereocenters. The van der Waals surface area contributed by atoms with Gasteiger partial charge in [0.05, 0.1) is 39.7 Å². The van der Waals surface area contributed by atoms with Gasteiger partial charge in [-0.2, -0.15) is 0 Å². The van der Waals surface area contributed by atoms with Crippen LogP contribution in [-0.2, 0) is 4.79 Å². The number of rotatable bonds is 5. The number of amides is 1. The van der Waals surface area contributed by atoms with Crippen molar-refractivity contribution in [3.63, 3.8) is 0 Å². The number of carbonyl (C=O) groups is 1. The van der Waals surface area contributed by atoms with Crippen molar-refractivity contribution < 1.29 is 14.3 Å². The van der Waals surface area contributed by atoms with Crippen molar-refractivity contribution in [2.75, 3.05) is 19.5 Å². The molecule has 0 bridgehead atoms. The molecule has 0 saturated heterocycles. The molecule has 2 aromatic carbocycles. The van der Waals surface area contributed by atoms with E-state index in [4.69, 9.17) is 9.47 Å². The van der Waals surface area contributed by atoms with Crippen molar-refractivity contribution >= 4 is 60.2 Å². The summed E-state index contributed by atoms with van der Waals surface area (Å²) in [4.78, 5) is 21.3. The van der Waals surface area contributed by atoms with Gasteiger partial charge in [-0.15, -0.1) is 11.3 Å². The highest BCUT2D eigenvalue weighted by Crippen LogP contribution is 2.35. The molecule has 1 N–H and O–H groups in total. The predicted octanol–water partition coefficient (Wildman–Crippen LogP) is 4.88. The monoisotopic (exact) mass is 411 g/mol. The number of aromatic nitrogens is 2. The highest BCUT2D eigenvalue weighted by molar-refractivity contribution is 7.28. The fourth-order valence-electron chi connectivity index (χ4n) is 2.81. The smallest absolute Gasteiger partial charge is 0.250 e. The van der Waals surface area contributed by atoms with Crippen LogP contribution in [0.2, 0.25) is 0 Å². The van der Waals surface area contributed by atoms with Gasteiger partial charge >= 0.3 is 0 Å². The van der Waals surface area contributed by atoms with E-state index in [2.05, 4.69) is 15.3 Å². The fourth-order valence-corrected chi connectivity index (χ4v) is 4.82. The first-order chi connectivity index (χ1) is 13.6. The first-order valence-electron chi connectivity index (χ1n) is 8.45. The van der Waals surface area contributed by atoms with Crippen LogP contribution in [0.25, 0.3) is 26.5 Å². The molecule has 2 aromatic heterocycles. The third kappa shape index (κ3) is 3.56. The summed E-state index contributed by atoms with van der Waals surface area (Å²) in [6, 6.07) is 9.35. The van der Waals surface area contributed by atoms with Gasteiger partial charge in [-0.3, -0.25) is 10.1 Å². The first kappa shape index (κ1) is 18.4. The van der Waals surface area contributed by atoms with Gasteiger partial charge in [0.25, 0.3) is 0 Å². The number of ether oxygens (including phenoxy) is 2. The molecule has 0 aliphatic rings. The molecule has 0 fully saturated rings. The van der Waals surface area contributed by atoms with Gasteiger partial charge in [0.1, 0.15) is 0 Å². The van der Waals surface area contributed by atoms with Crippen molar-refractivity contribution in [3.05, 3.63) is 47.0 Å². The van der Waals surface area contributed by atoms with Crippen molar-refractivity contribution in [1.82, 2.24) is 9.97 Å². The summed E-state index contributed by atoms with van der Waals surface area (Å²) in [5, 5.41) is 4.41. The zero-order valence-electron chi connectivity index (χ0n) is 15.5. The summed E-state index contributed by atoms with van der Waals surface area (Å²) in [6.07, 6.45) is 3.19. The summed E-state index contributed by atoms with van der Waals surface area (Å²) >= 11 is 3.10. The Morgan fingerprint density at radius 1 is 1.00 bits per heavy atom. The number of thiazole rings is 2. The number of nitrogens with zero attached hydrogens (tertiary/aromatic N) is 2. The summed E-state index contributed by atoms with van der Waals surface area (Å²) in [5.41, 5.74) is 2.66. The van der Waals surface area contributed by atoms with Gasteiger partial charge in [-0.05, 0) is 42.8 Å². The summed E-state index contributed by atoms with van der Waals surface area (Å²) < 4.78 is 12.6. The van der Waals surface area contributed by atoms with Gasteiger partial charge in [0, 0.05) is 6.08 Å². The van der Waals surface area contributed by atoms with Crippen LogP contribution in [0.4, 0.5) is 5.13 Å². The van der Waals surface area contributed by atoms with E-state index in [1.165, 1.54) is 17.4 Å². The maximum Gasteiger partial charge on any atom is 0.250 e. The van der Waals surface area contributed by atoms with Crippen LogP contribution in [0, 0.1) is 6.92 Å². The Hall–Kier alpha value is -2.97. The predicted molar refractivity (Wildman–Crippen MR) is 115 cm³/mol. The van der Waals surface area contributed by atoms with E-state index >= 15 is 0 Å². The molecule has 0 radical (unpaired) electrons. The fraction of sp³-hybridized carbons (Fsp3) is 0.150. The van der Waals surface area contributed by atoms with Gasteiger partial charge in [-0.1, -0.05) is 17.4 Å². The van der Waals surface area contributed by atoms with Crippen LogP contribution >= 0.6 is 22.7 Å². The lowest BCUT2D eigenvalue weighted by atomic mass is 10.2. The molecule has 28 heavy (non-hydrogen) atoms. The molecule has 6 nitrogen and oxygen atoms in total. The minimum atomic E-state index is -0.245. The lowest BCUT2D eigenvalue weighted by molar-refractivity contribution is -0.111. The van der Waals surface area contributed by atoms with Crippen molar-refractivity contribution in [1.29, 1.82) is 0 Å². The number of fused-ring (bicyclic) bond motifs is 3. The molecule has 2 heterocycles. The molecule has 1 amide bonds. The Morgan fingerprint density at radius 3 is 2.46 bits per heavy atom. The van der Waals surface area contributed by atoms with Gasteiger partial charge in [-0.25, -0.2) is 9.97 Å². The van der Waals surface area contributed by atoms with Crippen molar-refractivity contribution in [2.24, 2.45) is 0 Å². The molecular weight excluding hydrogens is 394 g/mol. The van der Waals surface area contributed by atoms with Crippen molar-refractivity contribution in [3.8, 4) is 11.5 Å². The number of anilines is 1. The first-order valence-corrected chi connectivity index (χ1v) is 10.1. The SMILES string of the molecule is COc1ccc(/C=C/C(=O)Nc2nc3ccc4nc(C)sc4c3s2)cc1OC. The Kier molecular flexibility index (Phi) is 4.97. The van der Waals surface area contributed by atoms with Crippen LogP contribution in [0.1, 0.15) is 10.6 Å². The van der Waals surface area contributed by atoms with E-state index in [0.29, 0.717) is 16.6 Å². The summed E-state index contributed by atoms with van der Waals surface area (Å²) in [5.74, 6) is 1.01. The molecule has 142 valence electrons. The second kappa shape index (κ2) is 7.57. The number of nitrogens with one attached hydrogen (secondary N) is 1. The molecule has 0 saturated carbocycles. The molecule has 4 rings (SSSR count). The van der Waals surface area contributed by atoms with Crippen LogP contribution in [0.3, 0.4) is 0 Å². The van der Waals surface area contributed by atoms with Crippen LogP contribution in [0.5, 0.6) is 11.5 Å². The van der Waals surface area contributed by atoms with E-state index in [1.807, 2.05) is 31.2 Å². The zero-order valence-corrected chi connectivity index (χ0v) is 17.1. The molecule has 4 aromatic rings. The van der Waals surface area contributed by atoms with Crippen molar-refractivity contribution in [2.45, 2.75) is 6.92 Å². The maximum absolute atomic E-state index is 12.3. The number of benzene rings is 2. The highest BCUT2D eigenvalue weighted by atomic mass is 32.1. The van der Waals surface area contributed by atoms with E-state index in [1.54, 1.807) is 37.7 Å². The third-order valence-electron chi connectivity index (χ3n) is 4.08. The normalized spacial score (nSPS) is 11.4. The number of carbonyl (C=O) groups excluding carboxylic acids is 1. The topological polar surface area (TPSA) is 73.3 Å². The molecule has 0 unspecified atom stereocenters. The second-order valence-electron chi connectivity index (χ2n) is 5.95. The lowest BCUT2D eigenvalue weighted by Gasteiger charge is -2.07. The maximum atomic E-state index is 12.3. The summed E-state index contributed by atoms with van der Waals surface area (Å²) in [6.45, 7) is 1.99. The Bertz CT molecular complexity index is 1210. The third-order valence-corrected chi connectivity index (χ3v) is 6.22. The van der Waals surface area contributed by atoms with Gasteiger partial charge in [0.2, 0.25) is 5.91 Å². The number of methoxy groups -OCH3 is 2. The average Bonchev–Trinajstić information content (AvgIpc) is 3.27. The van der Waals surface area contributed by atoms with Gasteiger partial charge in [0.15, 0.2) is 16.6 Å². The highest BCUT2D eigenvalue weighted by Gasteiger charge is 2.12. The van der Waals surface area contributed by atoms with Gasteiger partial charge < -0.3 is 9.47 Å². The number of hydrogen-bond acceptors (Lipinski definition) is 7. The molecule has 0 spiro atoms. The largest absolute Gasteiger partial charge is 0.493 e. The Labute approximate surface area is 169 Å². The second-order valence-corrected chi connectivity index (χ2v) is 8.15. The Morgan fingerprint density at radius 2 is 1.71 bits per heavy atom. The number of hydrogen-bond donors (Lipinski definition) is 1. The van der Waals surface area contributed by atoms with Crippen LogP contribution in [0.15, 0.2) is 36.4 Å². The minimum absolute atomic E-state index is 0.245. The van der Waals surface area contributed by atoms with E-state index in [0.717, 1.165) is 31.0 Å². The standard InChI is InChI=1S/C20H17N3O3S2/c1-11-21-13-6-7-14-19(18(13)27-11)28-20(22-14)23-17(24)9-5-12-4-8-15(25-2)16(10-12)26-3/h4-10H,1-3H3,(H,22,23,24)/b9-5+. The number of aryl methyl sites for hydroxylation is 1. The molecule has 0 aliphatic carbocycles. The van der Waals surface area contributed by atoms with E-state index in [9.17, 15) is 4.79 Å². The van der Waals surface area contributed by atoms with E-state index < -0.39 is 0 Å². The average molecular weight is 412 g/mol. The Balaban J connectivity index is 1.53. The minimum Gasteiger partial charge on any atom is -0.493 e. The molecular formula is C20H17N3O3S2. The lowest BCUT2D eigenvalue weighted by Crippen LogP contribution is -2.07. The summed E-state index contributed by atoms with van der Waals surface area (Å²) in [7, 11) is 3.16. The molecule has 8 heteroatoms. The van der Waals surface area contributed by atoms with E-state index in [-0.39, 0.29) is 5.91 Å². The molecule has 0 aliphatic heterocycles.